The highest BCUT2D eigenvalue weighted by Crippen LogP contribution is 2.53. The van der Waals surface area contributed by atoms with Gasteiger partial charge in [0.2, 0.25) is 0 Å². The zero-order chi connectivity index (χ0) is 7.31. The first kappa shape index (κ1) is 7.93. The number of benzene rings is 1. The molecule has 1 aliphatic heterocycles. The second-order valence-electron chi connectivity index (χ2n) is 3.68. The minimum atomic E-state index is 0. The summed E-state index contributed by atoms with van der Waals surface area (Å²) in [5.41, 5.74) is 3.49. The van der Waals surface area contributed by atoms with Crippen LogP contribution in [-0.2, 0) is 5.41 Å². The molecule has 3 rings (SSSR count). The smallest absolute Gasteiger partial charge is 0.0379 e. The molecule has 1 spiro atoms. The molecule has 2 heteroatoms. The van der Waals surface area contributed by atoms with Crippen LogP contribution in [0.15, 0.2) is 24.3 Å². The molecule has 0 aromatic heterocycles. The summed E-state index contributed by atoms with van der Waals surface area (Å²) in [5, 5.41) is 3.45. The van der Waals surface area contributed by atoms with E-state index in [9.17, 15) is 0 Å². The molecule has 1 aliphatic carbocycles. The van der Waals surface area contributed by atoms with Crippen molar-refractivity contribution in [2.75, 3.05) is 11.9 Å². The number of para-hydroxylation sites is 1. The Kier molecular flexibility index (Phi) is 1.58. The van der Waals surface area contributed by atoms with E-state index in [1.54, 1.807) is 5.56 Å². The molecule has 1 fully saturated rings. The lowest BCUT2D eigenvalue weighted by atomic mass is 9.99. The van der Waals surface area contributed by atoms with Crippen LogP contribution in [0.25, 0.3) is 0 Å². The largest absolute Gasteiger partial charge is 0.384 e. The standard InChI is InChI=1S/C10H11N.ClH/c1-2-4-9-8(3-1)10(5-6-10)7-11-9;/h1-4,11H,5-7H2;1H. The molecule has 0 saturated heterocycles. The van der Waals surface area contributed by atoms with E-state index >= 15 is 0 Å². The van der Waals surface area contributed by atoms with E-state index in [0.717, 1.165) is 0 Å². The maximum Gasteiger partial charge on any atom is 0.0379 e. The van der Waals surface area contributed by atoms with Gasteiger partial charge >= 0.3 is 0 Å². The summed E-state index contributed by atoms with van der Waals surface area (Å²) < 4.78 is 0. The predicted molar refractivity (Wildman–Crippen MR) is 53.1 cm³/mol. The number of anilines is 1. The Hall–Kier alpha value is -0.690. The van der Waals surface area contributed by atoms with Gasteiger partial charge in [-0.25, -0.2) is 0 Å². The highest BCUT2D eigenvalue weighted by molar-refractivity contribution is 5.85. The molecule has 64 valence electrons. The Morgan fingerprint density at radius 1 is 1.17 bits per heavy atom. The molecule has 0 amide bonds. The number of rotatable bonds is 0. The average Bonchev–Trinajstić information content (AvgIpc) is 2.72. The van der Waals surface area contributed by atoms with E-state index in [2.05, 4.69) is 29.6 Å². The number of hydrogen-bond donors (Lipinski definition) is 1. The highest BCUT2D eigenvalue weighted by atomic mass is 35.5. The molecular formula is C10H12ClN. The summed E-state index contributed by atoms with van der Waals surface area (Å²) in [6.07, 6.45) is 2.77. The van der Waals surface area contributed by atoms with Crippen LogP contribution in [0.1, 0.15) is 18.4 Å². The van der Waals surface area contributed by atoms with Gasteiger partial charge in [-0.05, 0) is 24.5 Å². The quantitative estimate of drug-likeness (QED) is 0.649. The van der Waals surface area contributed by atoms with E-state index < -0.39 is 0 Å². The summed E-state index contributed by atoms with van der Waals surface area (Å²) >= 11 is 0. The summed E-state index contributed by atoms with van der Waals surface area (Å²) in [6, 6.07) is 8.70. The van der Waals surface area contributed by atoms with Gasteiger partial charge < -0.3 is 5.32 Å². The highest BCUT2D eigenvalue weighted by Gasteiger charge is 2.48. The third-order valence-electron chi connectivity index (χ3n) is 2.97. The van der Waals surface area contributed by atoms with Crippen LogP contribution in [0, 0.1) is 0 Å². The minimum Gasteiger partial charge on any atom is -0.384 e. The summed E-state index contributed by atoms with van der Waals surface area (Å²) in [5.74, 6) is 0. The molecule has 2 aliphatic rings. The third-order valence-corrected chi connectivity index (χ3v) is 2.97. The van der Waals surface area contributed by atoms with Crippen molar-refractivity contribution < 1.29 is 0 Å². The van der Waals surface area contributed by atoms with Gasteiger partial charge in [0.25, 0.3) is 0 Å². The zero-order valence-corrected chi connectivity index (χ0v) is 7.66. The molecule has 0 unspecified atom stereocenters. The average molecular weight is 182 g/mol. The van der Waals surface area contributed by atoms with E-state index in [1.807, 2.05) is 0 Å². The Morgan fingerprint density at radius 3 is 2.67 bits per heavy atom. The van der Waals surface area contributed by atoms with Gasteiger partial charge in [0.15, 0.2) is 0 Å². The van der Waals surface area contributed by atoms with Crippen LogP contribution in [0.5, 0.6) is 0 Å². The van der Waals surface area contributed by atoms with Crippen molar-refractivity contribution in [2.45, 2.75) is 18.3 Å². The van der Waals surface area contributed by atoms with Gasteiger partial charge in [0.05, 0.1) is 0 Å². The second kappa shape index (κ2) is 2.40. The Morgan fingerprint density at radius 2 is 1.92 bits per heavy atom. The van der Waals surface area contributed by atoms with Crippen LogP contribution in [0.2, 0.25) is 0 Å². The SMILES string of the molecule is Cl.c1ccc2c(c1)NCC21CC1. The molecule has 0 atom stereocenters. The fourth-order valence-electron chi connectivity index (χ4n) is 2.06. The first-order chi connectivity index (χ1) is 5.41. The molecule has 1 heterocycles. The van der Waals surface area contributed by atoms with Crippen LogP contribution >= 0.6 is 12.4 Å². The molecule has 1 aromatic carbocycles. The third kappa shape index (κ3) is 0.862. The molecular weight excluding hydrogens is 170 g/mol. The minimum absolute atomic E-state index is 0. The monoisotopic (exact) mass is 181 g/mol. The zero-order valence-electron chi connectivity index (χ0n) is 6.84. The maximum absolute atomic E-state index is 3.45. The molecule has 1 N–H and O–H groups in total. The van der Waals surface area contributed by atoms with E-state index in [1.165, 1.54) is 25.1 Å². The van der Waals surface area contributed by atoms with Crippen molar-refractivity contribution in [3.63, 3.8) is 0 Å². The van der Waals surface area contributed by atoms with Crippen molar-refractivity contribution in [1.82, 2.24) is 0 Å². The lowest BCUT2D eigenvalue weighted by Crippen LogP contribution is -2.07. The van der Waals surface area contributed by atoms with Gasteiger partial charge in [-0.1, -0.05) is 18.2 Å². The number of nitrogens with one attached hydrogen (secondary N) is 1. The molecule has 0 radical (unpaired) electrons. The fourth-order valence-corrected chi connectivity index (χ4v) is 2.06. The van der Waals surface area contributed by atoms with Gasteiger partial charge in [0.1, 0.15) is 0 Å². The summed E-state index contributed by atoms with van der Waals surface area (Å²) in [4.78, 5) is 0. The normalized spacial score (nSPS) is 21.0. The van der Waals surface area contributed by atoms with Gasteiger partial charge in [-0.2, -0.15) is 0 Å². The summed E-state index contributed by atoms with van der Waals surface area (Å²) in [7, 11) is 0. The Labute approximate surface area is 78.6 Å². The van der Waals surface area contributed by atoms with Crippen molar-refractivity contribution in [1.29, 1.82) is 0 Å². The van der Waals surface area contributed by atoms with E-state index in [0.29, 0.717) is 5.41 Å². The molecule has 1 aromatic rings. The lowest BCUT2D eigenvalue weighted by Gasteiger charge is -2.03. The van der Waals surface area contributed by atoms with Crippen LogP contribution < -0.4 is 5.32 Å². The molecule has 12 heavy (non-hydrogen) atoms. The number of hydrogen-bond acceptors (Lipinski definition) is 1. The van der Waals surface area contributed by atoms with Crippen molar-refractivity contribution in [3.8, 4) is 0 Å². The van der Waals surface area contributed by atoms with Crippen LogP contribution in [0.4, 0.5) is 5.69 Å². The molecule has 0 bridgehead atoms. The summed E-state index contributed by atoms with van der Waals surface area (Å²) in [6.45, 7) is 1.17. The molecule has 1 nitrogen and oxygen atoms in total. The van der Waals surface area contributed by atoms with E-state index in [-0.39, 0.29) is 12.4 Å². The first-order valence-electron chi connectivity index (χ1n) is 4.24. The number of fused-ring (bicyclic) bond motifs is 2. The van der Waals surface area contributed by atoms with Gasteiger partial charge in [0, 0.05) is 17.6 Å². The number of halogens is 1. The topological polar surface area (TPSA) is 12.0 Å². The first-order valence-corrected chi connectivity index (χ1v) is 4.24. The maximum atomic E-state index is 3.45. The predicted octanol–water partition coefficient (Wildman–Crippen LogP) is 2.57. The van der Waals surface area contributed by atoms with Crippen LogP contribution in [0.3, 0.4) is 0 Å². The second-order valence-corrected chi connectivity index (χ2v) is 3.68. The molecule has 1 saturated carbocycles. The van der Waals surface area contributed by atoms with Crippen molar-refractivity contribution >= 4 is 18.1 Å². The lowest BCUT2D eigenvalue weighted by molar-refractivity contribution is 0.778. The van der Waals surface area contributed by atoms with Crippen molar-refractivity contribution in [3.05, 3.63) is 29.8 Å². The fraction of sp³-hybridized carbons (Fsp3) is 0.400. The Bertz CT molecular complexity index is 304. The van der Waals surface area contributed by atoms with E-state index in [4.69, 9.17) is 0 Å². The Balaban J connectivity index is 0.000000563. The van der Waals surface area contributed by atoms with Gasteiger partial charge in [-0.15, -0.1) is 12.4 Å². The van der Waals surface area contributed by atoms with Crippen molar-refractivity contribution in [2.24, 2.45) is 0 Å². The van der Waals surface area contributed by atoms with Crippen LogP contribution in [-0.4, -0.2) is 6.54 Å². The van der Waals surface area contributed by atoms with Gasteiger partial charge in [-0.3, -0.25) is 0 Å².